The van der Waals surface area contributed by atoms with Gasteiger partial charge in [-0.1, -0.05) is 13.0 Å². The summed E-state index contributed by atoms with van der Waals surface area (Å²) in [4.78, 5) is 10.6. The van der Waals surface area contributed by atoms with Crippen molar-refractivity contribution in [2.45, 2.75) is 25.9 Å². The van der Waals surface area contributed by atoms with Gasteiger partial charge in [0.05, 0.1) is 4.92 Å². The number of rotatable bonds is 4. The molecule has 5 heteroatoms. The molecule has 1 aliphatic rings. The Morgan fingerprint density at radius 2 is 2.41 bits per heavy atom. The molecule has 1 fully saturated rings. The van der Waals surface area contributed by atoms with Crippen LogP contribution in [-0.2, 0) is 6.42 Å². The van der Waals surface area contributed by atoms with E-state index >= 15 is 0 Å². The molecule has 0 radical (unpaired) electrons. The third kappa shape index (κ3) is 2.74. The maximum Gasteiger partial charge on any atom is 0.311 e. The Balaban J connectivity index is 2.22. The lowest BCUT2D eigenvalue weighted by atomic mass is 10.1. The molecule has 0 spiro atoms. The van der Waals surface area contributed by atoms with Gasteiger partial charge in [-0.05, 0) is 31.0 Å². The maximum absolute atomic E-state index is 11.0. The number of nitrogens with zero attached hydrogens (tertiary/aromatic N) is 1. The molecule has 5 nitrogen and oxygen atoms in total. The topological polar surface area (TPSA) is 64.4 Å². The minimum atomic E-state index is -0.378. The Bertz CT molecular complexity index is 414. The van der Waals surface area contributed by atoms with Crippen molar-refractivity contribution in [3.05, 3.63) is 33.9 Å². The highest BCUT2D eigenvalue weighted by atomic mass is 16.6. The Labute approximate surface area is 99.9 Å². The first-order valence-electron chi connectivity index (χ1n) is 5.85. The smallest absolute Gasteiger partial charge is 0.311 e. The quantitative estimate of drug-likeness (QED) is 0.640. The number of nitro benzene ring substituents is 1. The first-order valence-corrected chi connectivity index (χ1v) is 5.85. The summed E-state index contributed by atoms with van der Waals surface area (Å²) in [6.07, 6.45) is 1.72. The lowest BCUT2D eigenvalue weighted by Crippen LogP contribution is -2.20. The summed E-state index contributed by atoms with van der Waals surface area (Å²) in [5.74, 6) is 0.376. The van der Waals surface area contributed by atoms with E-state index in [1.165, 1.54) is 0 Å². The number of benzene rings is 1. The zero-order valence-electron chi connectivity index (χ0n) is 9.81. The van der Waals surface area contributed by atoms with Gasteiger partial charge in [0.2, 0.25) is 0 Å². The van der Waals surface area contributed by atoms with E-state index < -0.39 is 0 Å². The van der Waals surface area contributed by atoms with Crippen LogP contribution in [0.4, 0.5) is 5.69 Å². The van der Waals surface area contributed by atoms with Crippen molar-refractivity contribution in [2.75, 3.05) is 13.1 Å². The van der Waals surface area contributed by atoms with Crippen molar-refractivity contribution in [3.8, 4) is 5.75 Å². The maximum atomic E-state index is 11.0. The predicted octanol–water partition coefficient (Wildman–Crippen LogP) is 1.90. The summed E-state index contributed by atoms with van der Waals surface area (Å²) < 4.78 is 5.66. The van der Waals surface area contributed by atoms with Crippen molar-refractivity contribution >= 4 is 5.69 Å². The van der Waals surface area contributed by atoms with Crippen LogP contribution >= 0.6 is 0 Å². The molecule has 92 valence electrons. The summed E-state index contributed by atoms with van der Waals surface area (Å²) >= 11 is 0. The van der Waals surface area contributed by atoms with Crippen LogP contribution in [0.5, 0.6) is 5.75 Å². The number of hydrogen-bond donors (Lipinski definition) is 1. The number of ether oxygens (including phenoxy) is 1. The van der Waals surface area contributed by atoms with Crippen molar-refractivity contribution in [2.24, 2.45) is 0 Å². The molecule has 1 atom stereocenters. The van der Waals surface area contributed by atoms with Crippen LogP contribution in [0.2, 0.25) is 0 Å². The monoisotopic (exact) mass is 236 g/mol. The predicted molar refractivity (Wildman–Crippen MR) is 64.4 cm³/mol. The largest absolute Gasteiger partial charge is 0.482 e. The molecule has 1 heterocycles. The molecule has 0 aromatic heterocycles. The molecule has 0 bridgehead atoms. The molecular weight excluding hydrogens is 220 g/mol. The van der Waals surface area contributed by atoms with Gasteiger partial charge in [0.15, 0.2) is 5.75 Å². The molecule has 1 unspecified atom stereocenters. The second-order valence-corrected chi connectivity index (χ2v) is 4.15. The van der Waals surface area contributed by atoms with Crippen LogP contribution in [0.25, 0.3) is 0 Å². The van der Waals surface area contributed by atoms with Gasteiger partial charge < -0.3 is 10.1 Å². The highest BCUT2D eigenvalue weighted by molar-refractivity contribution is 5.48. The molecule has 2 rings (SSSR count). The first kappa shape index (κ1) is 11.9. The molecule has 1 N–H and O–H groups in total. The van der Waals surface area contributed by atoms with Crippen molar-refractivity contribution in [1.82, 2.24) is 5.32 Å². The summed E-state index contributed by atoms with van der Waals surface area (Å²) in [5, 5.41) is 14.1. The second kappa shape index (κ2) is 5.14. The SMILES string of the molecule is CCc1ccc(OC2CCNC2)c([N+](=O)[O-])c1. The third-order valence-corrected chi connectivity index (χ3v) is 2.94. The van der Waals surface area contributed by atoms with E-state index in [4.69, 9.17) is 4.74 Å². The van der Waals surface area contributed by atoms with Crippen LogP contribution in [0.3, 0.4) is 0 Å². The fourth-order valence-electron chi connectivity index (χ4n) is 1.93. The Hall–Kier alpha value is -1.62. The average Bonchev–Trinajstić information content (AvgIpc) is 2.82. The Kier molecular flexibility index (Phi) is 3.58. The summed E-state index contributed by atoms with van der Waals surface area (Å²) in [7, 11) is 0. The van der Waals surface area contributed by atoms with E-state index in [1.54, 1.807) is 12.1 Å². The van der Waals surface area contributed by atoms with Crippen LogP contribution < -0.4 is 10.1 Å². The highest BCUT2D eigenvalue weighted by Crippen LogP contribution is 2.29. The van der Waals surface area contributed by atoms with Gasteiger partial charge in [0.25, 0.3) is 0 Å². The number of aryl methyl sites for hydroxylation is 1. The molecule has 1 aliphatic heterocycles. The zero-order valence-corrected chi connectivity index (χ0v) is 9.81. The average molecular weight is 236 g/mol. The normalized spacial score (nSPS) is 19.2. The minimum Gasteiger partial charge on any atom is -0.482 e. The van der Waals surface area contributed by atoms with Crippen molar-refractivity contribution < 1.29 is 9.66 Å². The van der Waals surface area contributed by atoms with Gasteiger partial charge in [0.1, 0.15) is 6.10 Å². The van der Waals surface area contributed by atoms with E-state index in [-0.39, 0.29) is 16.7 Å². The van der Waals surface area contributed by atoms with E-state index in [9.17, 15) is 10.1 Å². The standard InChI is InChI=1S/C12H16N2O3/c1-2-9-3-4-12(11(7-9)14(15)16)17-10-5-6-13-8-10/h3-4,7,10,13H,2,5-6,8H2,1H3. The molecule has 1 aromatic carbocycles. The lowest BCUT2D eigenvalue weighted by molar-refractivity contribution is -0.386. The second-order valence-electron chi connectivity index (χ2n) is 4.15. The Morgan fingerprint density at radius 3 is 3.00 bits per heavy atom. The lowest BCUT2D eigenvalue weighted by Gasteiger charge is -2.12. The molecule has 0 aliphatic carbocycles. The molecule has 0 amide bonds. The molecule has 0 saturated carbocycles. The van der Waals surface area contributed by atoms with Gasteiger partial charge in [0, 0.05) is 12.6 Å². The van der Waals surface area contributed by atoms with Crippen LogP contribution in [0.15, 0.2) is 18.2 Å². The van der Waals surface area contributed by atoms with Gasteiger partial charge >= 0.3 is 5.69 Å². The fraction of sp³-hybridized carbons (Fsp3) is 0.500. The summed E-state index contributed by atoms with van der Waals surface area (Å²) in [6, 6.07) is 5.18. The van der Waals surface area contributed by atoms with Gasteiger partial charge in [-0.25, -0.2) is 0 Å². The zero-order chi connectivity index (χ0) is 12.3. The summed E-state index contributed by atoms with van der Waals surface area (Å²) in [6.45, 7) is 3.64. The van der Waals surface area contributed by atoms with Crippen LogP contribution in [0, 0.1) is 10.1 Å². The molecule has 1 saturated heterocycles. The van der Waals surface area contributed by atoms with Crippen molar-refractivity contribution in [3.63, 3.8) is 0 Å². The number of hydrogen-bond acceptors (Lipinski definition) is 4. The third-order valence-electron chi connectivity index (χ3n) is 2.94. The number of nitro groups is 1. The molecule has 1 aromatic rings. The highest BCUT2D eigenvalue weighted by Gasteiger charge is 2.21. The van der Waals surface area contributed by atoms with Gasteiger partial charge in [-0.2, -0.15) is 0 Å². The van der Waals surface area contributed by atoms with E-state index in [2.05, 4.69) is 5.32 Å². The van der Waals surface area contributed by atoms with Gasteiger partial charge in [-0.3, -0.25) is 10.1 Å². The molecule has 17 heavy (non-hydrogen) atoms. The van der Waals surface area contributed by atoms with E-state index in [0.29, 0.717) is 5.75 Å². The number of nitrogens with one attached hydrogen (secondary N) is 1. The van der Waals surface area contributed by atoms with Crippen LogP contribution in [-0.4, -0.2) is 24.1 Å². The van der Waals surface area contributed by atoms with Gasteiger partial charge in [-0.15, -0.1) is 0 Å². The minimum absolute atomic E-state index is 0.0428. The van der Waals surface area contributed by atoms with Crippen LogP contribution in [0.1, 0.15) is 18.9 Å². The molecular formula is C12H16N2O3. The van der Waals surface area contributed by atoms with Crippen molar-refractivity contribution in [1.29, 1.82) is 0 Å². The summed E-state index contributed by atoms with van der Waals surface area (Å²) in [5.41, 5.74) is 1.02. The van der Waals surface area contributed by atoms with E-state index in [0.717, 1.165) is 31.5 Å². The Morgan fingerprint density at radius 1 is 1.59 bits per heavy atom. The van der Waals surface area contributed by atoms with E-state index in [1.807, 2.05) is 13.0 Å². The first-order chi connectivity index (χ1) is 8.20. The fourth-order valence-corrected chi connectivity index (χ4v) is 1.93.